The summed E-state index contributed by atoms with van der Waals surface area (Å²) in [5, 5.41) is 30.8. The van der Waals surface area contributed by atoms with E-state index in [4.69, 9.17) is 0 Å². The molecule has 1 aromatic carbocycles. The van der Waals surface area contributed by atoms with Crippen LogP contribution in [0.5, 0.6) is 0 Å². The summed E-state index contributed by atoms with van der Waals surface area (Å²) in [6, 6.07) is 13.5. The predicted molar refractivity (Wildman–Crippen MR) is 248 cm³/mol. The molecule has 0 saturated heterocycles. The van der Waals surface area contributed by atoms with Gasteiger partial charge in [0, 0.05) is 38.4 Å². The van der Waals surface area contributed by atoms with Gasteiger partial charge in [-0.1, -0.05) is 60.9 Å². The van der Waals surface area contributed by atoms with Crippen molar-refractivity contribution < 1.29 is 41.1 Å². The Morgan fingerprint density at radius 3 is 1.73 bits per heavy atom. The summed E-state index contributed by atoms with van der Waals surface area (Å²) >= 11 is 0. The molecule has 6 heterocycles. The number of aromatic nitrogens is 5. The molecule has 0 fully saturated rings. The molecule has 0 spiro atoms. The minimum atomic E-state index is -4.33. The molecule has 0 aliphatic carbocycles. The zero-order valence-corrected chi connectivity index (χ0v) is 39.8. The van der Waals surface area contributed by atoms with Gasteiger partial charge >= 0.3 is 0 Å². The van der Waals surface area contributed by atoms with Crippen molar-refractivity contribution in [2.24, 2.45) is 10.3 Å². The number of fused-ring (bicyclic) bond motifs is 15. The average molecular weight is 944 g/mol. The van der Waals surface area contributed by atoms with Crippen LogP contribution >= 0.6 is 0 Å². The Hall–Kier alpha value is -6.23. The highest BCUT2D eigenvalue weighted by Crippen LogP contribution is 2.24. The number of hydrogen-bond donors (Lipinski definition) is 4. The molecule has 4 amide bonds. The topological polar surface area (TPSA) is 258 Å². The number of nitrogens with zero attached hydrogens (tertiary/aromatic N) is 10. The first-order valence-corrected chi connectivity index (χ1v) is 24.4. The first-order chi connectivity index (χ1) is 31.8. The van der Waals surface area contributed by atoms with E-state index in [1.807, 2.05) is 38.4 Å². The molecule has 22 heteroatoms. The number of nitrogens with one attached hydrogen (secondary N) is 4. The summed E-state index contributed by atoms with van der Waals surface area (Å²) in [6.07, 6.45) is 6.91. The molecule has 3 aliphatic heterocycles. The van der Waals surface area contributed by atoms with Crippen LogP contribution in [0.1, 0.15) is 111 Å². The lowest BCUT2D eigenvalue weighted by Crippen LogP contribution is -2.46. The van der Waals surface area contributed by atoms with Crippen LogP contribution in [-0.2, 0) is 29.8 Å². The maximum atomic E-state index is 13.6. The molecule has 3 aliphatic rings. The maximum Gasteiger partial charge on any atom is 0.270 e. The summed E-state index contributed by atoms with van der Waals surface area (Å²) < 4.78 is 36.0. The van der Waals surface area contributed by atoms with Crippen LogP contribution in [0.2, 0.25) is 0 Å². The van der Waals surface area contributed by atoms with Gasteiger partial charge in [-0.2, -0.15) is 5.11 Å². The fourth-order valence-corrected chi connectivity index (χ4v) is 8.36. The van der Waals surface area contributed by atoms with Crippen LogP contribution in [0.4, 0.5) is 5.69 Å². The molecule has 3 aromatic heterocycles. The standard InChI is InChI=1S/C45H62N14O7S/c1-6-7-19-58(2,3)30-34-28-56(54-52-34)36-22-38-42(60)46-17-10-8-9-11-18-47-43(61)39-23-37(57-29-35(53-55-57)31-59(4,5)20-12-21-67(64,65)66)25-41(51-39)45(63)49-27-33-15-13-32(14-16-33)26-48-44(62)40(24-36)50-38/h13-16,22-25,29,34H,6-12,17-21,26-28,30-31H2,1-5H3,(H3-2,46,47,48,49,60,61,62,63,64,65,66)/p+1/t34-/m1/s1. The van der Waals surface area contributed by atoms with Gasteiger partial charge in [-0.15, -0.1) is 5.10 Å². The maximum absolute atomic E-state index is 13.6. The first-order valence-electron chi connectivity index (χ1n) is 22.8. The monoisotopic (exact) mass is 943 g/mol. The van der Waals surface area contributed by atoms with Gasteiger partial charge < -0.3 is 34.8 Å². The highest BCUT2D eigenvalue weighted by molar-refractivity contribution is 7.85. The van der Waals surface area contributed by atoms with Crippen LogP contribution in [-0.4, -0.2) is 150 Å². The molecule has 6 bridgehead atoms. The summed E-state index contributed by atoms with van der Waals surface area (Å²) in [4.78, 5) is 63.2. The molecule has 360 valence electrons. The third-order valence-corrected chi connectivity index (χ3v) is 12.3. The molecule has 4 N–H and O–H groups in total. The van der Waals surface area contributed by atoms with Crippen LogP contribution < -0.4 is 26.3 Å². The zero-order valence-electron chi connectivity index (χ0n) is 39.0. The quantitative estimate of drug-likeness (QED) is 0.112. The smallest absolute Gasteiger partial charge is 0.270 e. The van der Waals surface area contributed by atoms with E-state index in [9.17, 15) is 32.1 Å². The van der Waals surface area contributed by atoms with Gasteiger partial charge in [-0.05, 0) is 54.7 Å². The highest BCUT2D eigenvalue weighted by Gasteiger charge is 2.29. The largest absolute Gasteiger partial charge is 0.748 e. The van der Waals surface area contributed by atoms with Gasteiger partial charge in [0.25, 0.3) is 23.6 Å². The van der Waals surface area contributed by atoms with Crippen LogP contribution in [0.15, 0.2) is 65.1 Å². The number of rotatable bonds is 13. The second-order valence-corrected chi connectivity index (χ2v) is 20.0. The van der Waals surface area contributed by atoms with Crippen molar-refractivity contribution in [3.8, 4) is 5.69 Å². The van der Waals surface area contributed by atoms with Crippen LogP contribution in [0, 0.1) is 0 Å². The minimum Gasteiger partial charge on any atom is -0.748 e. The van der Waals surface area contributed by atoms with E-state index < -0.39 is 39.5 Å². The molecule has 67 heavy (non-hydrogen) atoms. The third-order valence-electron chi connectivity index (χ3n) is 11.5. The molecule has 4 aromatic rings. The number of benzene rings is 1. The Labute approximate surface area is 391 Å². The number of unbranched alkanes of at least 4 members (excludes halogenated alkanes) is 1. The van der Waals surface area contributed by atoms with Crippen molar-refractivity contribution in [2.75, 3.05) is 78.2 Å². The molecule has 0 unspecified atom stereocenters. The Kier molecular flexibility index (Phi) is 16.9. The Bertz CT molecular complexity index is 2530. The van der Waals surface area contributed by atoms with E-state index >= 15 is 0 Å². The van der Waals surface area contributed by atoms with E-state index in [0.717, 1.165) is 54.4 Å². The Morgan fingerprint density at radius 2 is 1.21 bits per heavy atom. The lowest BCUT2D eigenvalue weighted by atomic mass is 10.1. The summed E-state index contributed by atoms with van der Waals surface area (Å²) in [5.41, 5.74) is 3.19. The van der Waals surface area contributed by atoms with E-state index in [1.165, 1.54) is 16.8 Å². The molecule has 1 atom stereocenters. The summed E-state index contributed by atoms with van der Waals surface area (Å²) in [6.45, 7) is 6.31. The fraction of sp³-hybridized carbons (Fsp3) is 0.511. The van der Waals surface area contributed by atoms with Gasteiger partial charge in [0.1, 0.15) is 47.6 Å². The number of pyridine rings is 2. The number of hydrogen-bond acceptors (Lipinski definition) is 14. The second kappa shape index (κ2) is 22.5. The fourth-order valence-electron chi connectivity index (χ4n) is 7.88. The van der Waals surface area contributed by atoms with Crippen LogP contribution in [0.25, 0.3) is 5.69 Å². The molecule has 7 rings (SSSR count). The normalized spacial score (nSPS) is 17.2. The van der Waals surface area contributed by atoms with Gasteiger partial charge in [0.15, 0.2) is 0 Å². The number of carbonyl (C=O) groups is 4. The van der Waals surface area contributed by atoms with E-state index in [0.29, 0.717) is 67.1 Å². The first kappa shape index (κ1) is 50.2. The van der Waals surface area contributed by atoms with Gasteiger partial charge in [-0.3, -0.25) is 19.2 Å². The van der Waals surface area contributed by atoms with Crippen molar-refractivity contribution in [3.63, 3.8) is 0 Å². The predicted octanol–water partition coefficient (Wildman–Crippen LogP) is 2.89. The van der Waals surface area contributed by atoms with E-state index in [2.05, 4.69) is 72.9 Å². The molecule has 21 nitrogen and oxygen atoms in total. The van der Waals surface area contributed by atoms with Crippen molar-refractivity contribution in [1.82, 2.24) is 46.2 Å². The van der Waals surface area contributed by atoms with Gasteiger partial charge in [0.2, 0.25) is 0 Å². The molecular weight excluding hydrogens is 881 g/mol. The van der Waals surface area contributed by atoms with Crippen molar-refractivity contribution in [3.05, 3.63) is 94.3 Å². The van der Waals surface area contributed by atoms with Crippen molar-refractivity contribution >= 4 is 39.4 Å². The molecule has 0 radical (unpaired) electrons. The third kappa shape index (κ3) is 15.4. The number of anilines is 1. The average Bonchev–Trinajstić information content (AvgIpc) is 3.96. The highest BCUT2D eigenvalue weighted by atomic mass is 32.2. The summed E-state index contributed by atoms with van der Waals surface area (Å²) in [7, 11) is 3.81. The zero-order chi connectivity index (χ0) is 48.2. The lowest BCUT2D eigenvalue weighted by Gasteiger charge is -2.31. The van der Waals surface area contributed by atoms with Crippen molar-refractivity contribution in [2.45, 2.75) is 77.5 Å². The number of quaternary nitrogens is 2. The summed E-state index contributed by atoms with van der Waals surface area (Å²) in [5.74, 6) is -2.34. The Balaban J connectivity index is 1.17. The lowest BCUT2D eigenvalue weighted by molar-refractivity contribution is -0.903. The van der Waals surface area contributed by atoms with Gasteiger partial charge in [-0.25, -0.2) is 28.1 Å². The molecular formula is C45H63N14O7S+. The second-order valence-electron chi connectivity index (χ2n) is 18.5. The van der Waals surface area contributed by atoms with E-state index in [-0.39, 0.29) is 48.3 Å². The van der Waals surface area contributed by atoms with E-state index in [1.54, 1.807) is 23.3 Å². The number of carbonyl (C=O) groups excluding carboxylic acids is 4. The van der Waals surface area contributed by atoms with Crippen molar-refractivity contribution in [1.29, 1.82) is 0 Å². The Morgan fingerprint density at radius 1 is 0.701 bits per heavy atom. The van der Waals surface area contributed by atoms with Gasteiger partial charge in [0.05, 0.1) is 75.5 Å². The molecule has 0 saturated carbocycles. The SMILES string of the molecule is CCCC[N+](C)(C)C[C@H]1CN(c2cc3nc(c2)C(=O)NCc2ccc(cc2)CNC(=O)c2cc(-n4cc(C[N+](C)(C)CCCS(=O)(=O)[O-])nn4)cc(n2)C(=O)NCCCCCCNC3=O)N=N1. The number of likely N-dealkylation sites (N-methyl/N-ethyl adjacent to an activating group) is 1. The van der Waals surface area contributed by atoms with Crippen LogP contribution in [0.3, 0.4) is 0 Å². The minimum absolute atomic E-state index is 0.00393. The number of amides is 4.